The highest BCUT2D eigenvalue weighted by atomic mass is 35.5. The van der Waals surface area contributed by atoms with Gasteiger partial charge in [0, 0.05) is 13.1 Å². The number of rotatable bonds is 12. The molecule has 3 aromatic rings. The number of amides is 2. The van der Waals surface area contributed by atoms with E-state index in [4.69, 9.17) is 23.2 Å². The molecule has 0 unspecified atom stereocenters. The number of halogens is 2. The fraction of sp³-hybridized carbons (Fsp3) is 0.286. The predicted molar refractivity (Wildman–Crippen MR) is 152 cm³/mol. The Morgan fingerprint density at radius 3 is 2.16 bits per heavy atom. The Kier molecular flexibility index (Phi) is 10.6. The highest BCUT2D eigenvalue weighted by Gasteiger charge is 2.32. The number of carbonyl (C=O) groups excluding carboxylic acids is 2. The molecule has 3 rings (SSSR count). The minimum atomic E-state index is -4.17. The van der Waals surface area contributed by atoms with E-state index in [1.165, 1.54) is 35.2 Å². The summed E-state index contributed by atoms with van der Waals surface area (Å²) in [6.45, 7) is 3.73. The van der Waals surface area contributed by atoms with E-state index in [2.05, 4.69) is 5.32 Å². The van der Waals surface area contributed by atoms with E-state index in [-0.39, 0.29) is 33.1 Å². The van der Waals surface area contributed by atoms with Crippen LogP contribution < -0.4 is 9.62 Å². The van der Waals surface area contributed by atoms with Crippen molar-refractivity contribution in [2.75, 3.05) is 17.4 Å². The fourth-order valence-corrected chi connectivity index (χ4v) is 5.51. The SMILES string of the molecule is CCCCNC(=O)[C@@H](C)N(Cc1ccccc1)C(=O)CN(c1ccc(Cl)c(Cl)c1)S(=O)(=O)c1ccccc1. The number of sulfonamides is 1. The van der Waals surface area contributed by atoms with Crippen LogP contribution in [-0.4, -0.2) is 44.3 Å². The van der Waals surface area contributed by atoms with Crippen molar-refractivity contribution in [1.29, 1.82) is 0 Å². The van der Waals surface area contributed by atoms with Gasteiger partial charge in [-0.3, -0.25) is 13.9 Å². The smallest absolute Gasteiger partial charge is 0.264 e. The molecule has 38 heavy (non-hydrogen) atoms. The van der Waals surface area contributed by atoms with E-state index in [1.807, 2.05) is 37.3 Å². The summed E-state index contributed by atoms with van der Waals surface area (Å²) in [6.07, 6.45) is 1.72. The predicted octanol–water partition coefficient (Wildman–Crippen LogP) is 5.52. The lowest BCUT2D eigenvalue weighted by atomic mass is 10.1. The van der Waals surface area contributed by atoms with Crippen LogP contribution in [0.4, 0.5) is 5.69 Å². The molecule has 0 aliphatic carbocycles. The van der Waals surface area contributed by atoms with Gasteiger partial charge in [-0.15, -0.1) is 0 Å². The molecule has 3 aromatic carbocycles. The van der Waals surface area contributed by atoms with Crippen molar-refractivity contribution < 1.29 is 18.0 Å². The van der Waals surface area contributed by atoms with Crippen molar-refractivity contribution in [1.82, 2.24) is 10.2 Å². The molecule has 0 saturated carbocycles. The number of unbranched alkanes of at least 4 members (excludes halogenated alkanes) is 1. The zero-order chi connectivity index (χ0) is 27.7. The molecule has 0 heterocycles. The van der Waals surface area contributed by atoms with Crippen LogP contribution in [0.2, 0.25) is 10.0 Å². The third-order valence-corrected chi connectivity index (χ3v) is 8.52. The maximum atomic E-state index is 13.8. The third kappa shape index (κ3) is 7.49. The number of hydrogen-bond acceptors (Lipinski definition) is 4. The first-order valence-corrected chi connectivity index (χ1v) is 14.5. The van der Waals surface area contributed by atoms with Crippen LogP contribution in [-0.2, 0) is 26.2 Å². The van der Waals surface area contributed by atoms with Crippen molar-refractivity contribution >= 4 is 50.7 Å². The minimum Gasteiger partial charge on any atom is -0.354 e. The van der Waals surface area contributed by atoms with Crippen LogP contribution >= 0.6 is 23.2 Å². The molecule has 0 aromatic heterocycles. The largest absolute Gasteiger partial charge is 0.354 e. The van der Waals surface area contributed by atoms with Gasteiger partial charge in [0.1, 0.15) is 12.6 Å². The summed E-state index contributed by atoms with van der Waals surface area (Å²) < 4.78 is 28.4. The van der Waals surface area contributed by atoms with Gasteiger partial charge in [-0.2, -0.15) is 0 Å². The zero-order valence-electron chi connectivity index (χ0n) is 21.3. The number of nitrogens with one attached hydrogen (secondary N) is 1. The first-order valence-electron chi connectivity index (χ1n) is 12.3. The maximum Gasteiger partial charge on any atom is 0.264 e. The number of carbonyl (C=O) groups is 2. The Bertz CT molecular complexity index is 1340. The molecule has 2 amide bonds. The summed E-state index contributed by atoms with van der Waals surface area (Å²) in [6, 6.07) is 20.6. The van der Waals surface area contributed by atoms with E-state index in [0.717, 1.165) is 22.7 Å². The number of anilines is 1. The summed E-state index contributed by atoms with van der Waals surface area (Å²) >= 11 is 12.3. The van der Waals surface area contributed by atoms with E-state index in [0.29, 0.717) is 6.54 Å². The van der Waals surface area contributed by atoms with Gasteiger partial charge in [-0.05, 0) is 49.2 Å². The van der Waals surface area contributed by atoms with Gasteiger partial charge in [0.2, 0.25) is 11.8 Å². The first-order chi connectivity index (χ1) is 18.1. The highest BCUT2D eigenvalue weighted by molar-refractivity contribution is 7.92. The number of hydrogen-bond donors (Lipinski definition) is 1. The van der Waals surface area contributed by atoms with Crippen LogP contribution in [0.3, 0.4) is 0 Å². The topological polar surface area (TPSA) is 86.8 Å². The molecule has 7 nitrogen and oxygen atoms in total. The van der Waals surface area contributed by atoms with Crippen molar-refractivity contribution in [2.45, 2.75) is 44.2 Å². The standard InChI is InChI=1S/C28H31Cl2N3O4S/c1-3-4-17-31-28(35)21(2)32(19-22-11-7-5-8-12-22)27(34)20-33(23-15-16-25(29)26(30)18-23)38(36,37)24-13-9-6-10-14-24/h5-16,18,21H,3-4,17,19-20H2,1-2H3,(H,31,35)/t21-/m1/s1. The Morgan fingerprint density at radius 2 is 1.55 bits per heavy atom. The lowest BCUT2D eigenvalue weighted by molar-refractivity contribution is -0.139. The van der Waals surface area contributed by atoms with Crippen LogP contribution in [0.1, 0.15) is 32.3 Å². The minimum absolute atomic E-state index is 0.0128. The first kappa shape index (κ1) is 29.5. The average Bonchev–Trinajstić information content (AvgIpc) is 2.92. The molecule has 0 aliphatic heterocycles. The molecule has 1 atom stereocenters. The summed E-state index contributed by atoms with van der Waals surface area (Å²) in [4.78, 5) is 28.2. The second-order valence-electron chi connectivity index (χ2n) is 8.75. The van der Waals surface area contributed by atoms with Crippen molar-refractivity contribution in [2.24, 2.45) is 0 Å². The summed E-state index contributed by atoms with van der Waals surface area (Å²) in [7, 11) is -4.17. The van der Waals surface area contributed by atoms with E-state index in [9.17, 15) is 18.0 Å². The van der Waals surface area contributed by atoms with E-state index in [1.54, 1.807) is 25.1 Å². The summed E-state index contributed by atoms with van der Waals surface area (Å²) in [5.74, 6) is -0.854. The average molecular weight is 577 g/mol. The molecule has 0 fully saturated rings. The lowest BCUT2D eigenvalue weighted by Crippen LogP contribution is -2.51. The van der Waals surface area contributed by atoms with Gasteiger partial charge in [0.05, 0.1) is 20.6 Å². The fourth-order valence-electron chi connectivity index (χ4n) is 3.79. The Labute approximate surface area is 234 Å². The lowest BCUT2D eigenvalue weighted by Gasteiger charge is -2.32. The summed E-state index contributed by atoms with van der Waals surface area (Å²) in [5.41, 5.74) is 0.984. The Morgan fingerprint density at radius 1 is 0.921 bits per heavy atom. The van der Waals surface area contributed by atoms with Gasteiger partial charge < -0.3 is 10.2 Å². The van der Waals surface area contributed by atoms with Crippen molar-refractivity contribution in [3.05, 3.63) is 94.5 Å². The molecular formula is C28H31Cl2N3O4S. The highest BCUT2D eigenvalue weighted by Crippen LogP contribution is 2.30. The van der Waals surface area contributed by atoms with Crippen molar-refractivity contribution in [3.63, 3.8) is 0 Å². The van der Waals surface area contributed by atoms with Gasteiger partial charge in [-0.1, -0.05) is 85.1 Å². The molecule has 202 valence electrons. The van der Waals surface area contributed by atoms with Gasteiger partial charge in [0.15, 0.2) is 0 Å². The number of nitrogens with zero attached hydrogens (tertiary/aromatic N) is 2. The Balaban J connectivity index is 1.99. The normalized spacial score (nSPS) is 12.0. The van der Waals surface area contributed by atoms with Gasteiger partial charge in [-0.25, -0.2) is 8.42 Å². The van der Waals surface area contributed by atoms with Crippen LogP contribution in [0.25, 0.3) is 0 Å². The molecule has 0 aliphatic rings. The van der Waals surface area contributed by atoms with Gasteiger partial charge in [0.25, 0.3) is 10.0 Å². The Hall–Kier alpha value is -3.07. The zero-order valence-corrected chi connectivity index (χ0v) is 23.6. The monoisotopic (exact) mass is 575 g/mol. The molecule has 0 bridgehead atoms. The maximum absolute atomic E-state index is 13.8. The molecule has 0 spiro atoms. The molecule has 1 N–H and O–H groups in total. The molecule has 0 saturated heterocycles. The number of benzene rings is 3. The van der Waals surface area contributed by atoms with Gasteiger partial charge >= 0.3 is 0 Å². The van der Waals surface area contributed by atoms with Crippen LogP contribution in [0.5, 0.6) is 0 Å². The quantitative estimate of drug-likeness (QED) is 0.288. The van der Waals surface area contributed by atoms with Crippen LogP contribution in [0.15, 0.2) is 83.8 Å². The van der Waals surface area contributed by atoms with E-state index >= 15 is 0 Å². The molecular weight excluding hydrogens is 545 g/mol. The third-order valence-electron chi connectivity index (χ3n) is 5.99. The van der Waals surface area contributed by atoms with Crippen molar-refractivity contribution in [3.8, 4) is 0 Å². The molecule has 10 heteroatoms. The second-order valence-corrected chi connectivity index (χ2v) is 11.4. The second kappa shape index (κ2) is 13.6. The van der Waals surface area contributed by atoms with Crippen LogP contribution in [0, 0.1) is 0 Å². The van der Waals surface area contributed by atoms with E-state index < -0.39 is 28.5 Å². The summed E-state index contributed by atoms with van der Waals surface area (Å²) in [5, 5.41) is 3.26. The molecule has 0 radical (unpaired) electrons.